The summed E-state index contributed by atoms with van der Waals surface area (Å²) in [4.78, 5) is 40.5. The molecule has 0 saturated carbocycles. The summed E-state index contributed by atoms with van der Waals surface area (Å²) in [5, 5.41) is 17.7. The van der Waals surface area contributed by atoms with Crippen LogP contribution in [0.25, 0.3) is 44.5 Å². The normalized spacial score (nSPS) is 10.5. The fraction of sp³-hybridized carbons (Fsp3) is 0.200. The molecule has 0 spiro atoms. The van der Waals surface area contributed by atoms with Gasteiger partial charge in [-0.1, -0.05) is 71.0 Å². The van der Waals surface area contributed by atoms with E-state index in [1.807, 2.05) is 60.7 Å². The van der Waals surface area contributed by atoms with Crippen molar-refractivity contribution in [2.75, 3.05) is 76.7 Å². The van der Waals surface area contributed by atoms with Gasteiger partial charge in [-0.25, -0.2) is 9.97 Å². The van der Waals surface area contributed by atoms with Crippen LogP contribution in [0.4, 0.5) is 23.5 Å². The lowest BCUT2D eigenvalue weighted by molar-refractivity contribution is 0.0945. The quantitative estimate of drug-likeness (QED) is 0.0518. The van der Waals surface area contributed by atoms with E-state index in [2.05, 4.69) is 46.2 Å². The molecule has 8 rings (SSSR count). The number of Topliss-reactive ketones (excluding diaryl/α,β-unsaturated/α-hetero) is 1. The number of nitrogens with one attached hydrogen (secondary N) is 3. The Morgan fingerprint density at radius 3 is 1.43 bits per heavy atom. The Labute approximate surface area is 372 Å². The zero-order valence-electron chi connectivity index (χ0n) is 36.2. The van der Waals surface area contributed by atoms with Gasteiger partial charge >= 0.3 is 0 Å². The first-order chi connectivity index (χ1) is 31.5. The van der Waals surface area contributed by atoms with Crippen LogP contribution >= 0.6 is 0 Å². The number of anilines is 4. The first-order valence-electron chi connectivity index (χ1n) is 19.9. The number of nitrogen functional groups attached to an aromatic ring is 2. The number of aromatic nitrogens is 6. The number of nitrogens with two attached hydrogens (primary N) is 3. The first kappa shape index (κ1) is 46.0. The van der Waals surface area contributed by atoms with E-state index in [0.29, 0.717) is 106 Å². The van der Waals surface area contributed by atoms with Crippen molar-refractivity contribution in [1.29, 1.82) is 0 Å². The van der Waals surface area contributed by atoms with E-state index in [1.54, 1.807) is 64.8 Å². The Morgan fingerprint density at radius 2 is 1.00 bits per heavy atom. The molecule has 0 unspecified atom stereocenters. The zero-order valence-corrected chi connectivity index (χ0v) is 36.2. The lowest BCUT2D eigenvalue weighted by Crippen LogP contribution is -2.29. The summed E-state index contributed by atoms with van der Waals surface area (Å²) in [6.07, 6.45) is 0. The molecular weight excluding hydrogens is 837 g/mol. The SMILES string of the molecule is CC(=O)c1cc(-c2ccccc2)on1.COc1cc2nc(NCCN)nc(N)c2cc1OC.COc1cc2nc(NCCNC(=O)c3cc(-c4ccccc4)on3)nc(N)c2cc1OC. The number of ketones is 1. The van der Waals surface area contributed by atoms with E-state index < -0.39 is 0 Å². The highest BCUT2D eigenvalue weighted by atomic mass is 16.5. The summed E-state index contributed by atoms with van der Waals surface area (Å²) in [6.45, 7) is 3.24. The maximum Gasteiger partial charge on any atom is 0.273 e. The molecule has 336 valence electrons. The summed E-state index contributed by atoms with van der Waals surface area (Å²) < 4.78 is 31.4. The topological polar surface area (TPSA) is 289 Å². The fourth-order valence-corrected chi connectivity index (χ4v) is 6.04. The molecule has 0 radical (unpaired) electrons. The summed E-state index contributed by atoms with van der Waals surface area (Å²) in [6, 6.07) is 29.2. The summed E-state index contributed by atoms with van der Waals surface area (Å²) in [7, 11) is 6.24. The molecule has 20 heteroatoms. The van der Waals surface area contributed by atoms with Crippen LogP contribution in [-0.4, -0.2) is 96.6 Å². The molecule has 8 aromatic rings. The second-order valence-corrected chi connectivity index (χ2v) is 13.7. The van der Waals surface area contributed by atoms with Gasteiger partial charge in [0.05, 0.1) is 39.5 Å². The number of carbonyl (C=O) groups excluding carboxylic acids is 2. The van der Waals surface area contributed by atoms with Crippen molar-refractivity contribution >= 4 is 57.0 Å². The molecule has 0 aliphatic rings. The number of rotatable bonds is 15. The second kappa shape index (κ2) is 22.0. The number of nitrogens with zero attached hydrogens (tertiary/aromatic N) is 6. The highest BCUT2D eigenvalue weighted by molar-refractivity contribution is 5.94. The van der Waals surface area contributed by atoms with Crippen LogP contribution in [-0.2, 0) is 0 Å². The Bertz CT molecular complexity index is 2860. The van der Waals surface area contributed by atoms with E-state index in [0.717, 1.165) is 16.5 Å². The molecule has 4 heterocycles. The number of fused-ring (bicyclic) bond motifs is 2. The van der Waals surface area contributed by atoms with E-state index in [9.17, 15) is 9.59 Å². The third-order valence-electron chi connectivity index (χ3n) is 9.31. The molecule has 20 nitrogen and oxygen atoms in total. The largest absolute Gasteiger partial charge is 0.493 e. The van der Waals surface area contributed by atoms with Gasteiger partial charge in [0.25, 0.3) is 5.91 Å². The lowest BCUT2D eigenvalue weighted by atomic mass is 10.1. The molecule has 0 fully saturated rings. The van der Waals surface area contributed by atoms with Crippen molar-refractivity contribution in [2.24, 2.45) is 5.73 Å². The third-order valence-corrected chi connectivity index (χ3v) is 9.31. The number of benzene rings is 4. The monoisotopic (exact) mass is 884 g/mol. The van der Waals surface area contributed by atoms with Gasteiger partial charge in [-0.15, -0.1) is 0 Å². The minimum absolute atomic E-state index is 0.0871. The highest BCUT2D eigenvalue weighted by Crippen LogP contribution is 2.35. The molecule has 0 bridgehead atoms. The Hall–Kier alpha value is -8.52. The van der Waals surface area contributed by atoms with Gasteiger partial charge in [0.1, 0.15) is 17.3 Å². The Kier molecular flexibility index (Phi) is 15.6. The number of amides is 1. The van der Waals surface area contributed by atoms with Crippen LogP contribution < -0.4 is 52.1 Å². The van der Waals surface area contributed by atoms with Crippen molar-refractivity contribution in [3.8, 4) is 45.6 Å². The average Bonchev–Trinajstić information content (AvgIpc) is 4.05. The van der Waals surface area contributed by atoms with Gasteiger partial charge in [-0.05, 0) is 12.1 Å². The predicted octanol–water partition coefficient (Wildman–Crippen LogP) is 5.87. The molecule has 1 amide bonds. The molecule has 4 aromatic heterocycles. The van der Waals surface area contributed by atoms with Crippen molar-refractivity contribution in [3.05, 3.63) is 108 Å². The van der Waals surface area contributed by atoms with Crippen LogP contribution in [0.3, 0.4) is 0 Å². The number of hydrogen-bond donors (Lipinski definition) is 6. The van der Waals surface area contributed by atoms with E-state index >= 15 is 0 Å². The minimum atomic E-state index is -0.339. The molecule has 0 saturated heterocycles. The average molecular weight is 885 g/mol. The van der Waals surface area contributed by atoms with Gasteiger partial charge < -0.3 is 61.1 Å². The Morgan fingerprint density at radius 1 is 0.569 bits per heavy atom. The zero-order chi connectivity index (χ0) is 46.3. The van der Waals surface area contributed by atoms with Crippen molar-refractivity contribution in [2.45, 2.75) is 6.92 Å². The molecule has 0 aliphatic carbocycles. The van der Waals surface area contributed by atoms with Crippen molar-refractivity contribution < 1.29 is 37.6 Å². The number of hydrogen-bond acceptors (Lipinski definition) is 19. The lowest BCUT2D eigenvalue weighted by Gasteiger charge is -2.11. The molecule has 0 aliphatic heterocycles. The van der Waals surface area contributed by atoms with E-state index in [-0.39, 0.29) is 17.4 Å². The van der Waals surface area contributed by atoms with Crippen LogP contribution in [0.5, 0.6) is 23.0 Å². The van der Waals surface area contributed by atoms with E-state index in [4.69, 9.17) is 45.2 Å². The fourth-order valence-electron chi connectivity index (χ4n) is 6.04. The molecular formula is C45H48N12O8. The van der Waals surface area contributed by atoms with Crippen LogP contribution in [0.1, 0.15) is 27.9 Å². The van der Waals surface area contributed by atoms with Gasteiger partial charge in [0.2, 0.25) is 11.9 Å². The van der Waals surface area contributed by atoms with Gasteiger partial charge in [-0.2, -0.15) is 9.97 Å². The van der Waals surface area contributed by atoms with Crippen molar-refractivity contribution in [3.63, 3.8) is 0 Å². The van der Waals surface area contributed by atoms with E-state index in [1.165, 1.54) is 6.92 Å². The van der Waals surface area contributed by atoms with Crippen LogP contribution in [0.15, 0.2) is 106 Å². The molecule has 0 atom stereocenters. The number of methoxy groups -OCH3 is 4. The first-order valence-corrected chi connectivity index (χ1v) is 19.9. The number of carbonyl (C=O) groups is 2. The van der Waals surface area contributed by atoms with Crippen molar-refractivity contribution in [1.82, 2.24) is 35.6 Å². The van der Waals surface area contributed by atoms with Crippen LogP contribution in [0, 0.1) is 0 Å². The van der Waals surface area contributed by atoms with Gasteiger partial charge in [0, 0.05) is 79.3 Å². The second-order valence-electron chi connectivity index (χ2n) is 13.7. The number of ether oxygens (including phenoxy) is 4. The maximum atomic E-state index is 12.3. The Balaban J connectivity index is 0.000000179. The van der Waals surface area contributed by atoms with Gasteiger partial charge in [0.15, 0.2) is 46.0 Å². The summed E-state index contributed by atoms with van der Waals surface area (Å²) in [5.41, 5.74) is 21.1. The predicted molar refractivity (Wildman–Crippen MR) is 246 cm³/mol. The smallest absolute Gasteiger partial charge is 0.273 e. The maximum absolute atomic E-state index is 12.3. The highest BCUT2D eigenvalue weighted by Gasteiger charge is 2.15. The molecule has 4 aromatic carbocycles. The van der Waals surface area contributed by atoms with Gasteiger partial charge in [-0.3, -0.25) is 9.59 Å². The standard InChI is InChI=1S/C22H22N6O4.C12H17N5O2.C11H9NO2/c1-30-18-10-14-15(11-19(18)31-2)26-22(27-20(14)23)25-9-8-24-21(29)16-12-17(32-28-16)13-6-4-3-5-7-13;1-18-9-5-7-8(6-10(9)19-2)16-12(15-4-3-13)17-11(7)14;1-8(13)10-7-11(14-12-10)9-5-3-2-4-6-9/h3-7,10-12H,8-9H2,1-2H3,(H,24,29)(H3,23,25,26,27);5-6H,3-4,13H2,1-2H3,(H3,14,15,16,17);2-7H,1H3. The molecule has 65 heavy (non-hydrogen) atoms. The third kappa shape index (κ3) is 11.7. The van der Waals surface area contributed by atoms with Crippen LogP contribution in [0.2, 0.25) is 0 Å². The molecule has 9 N–H and O–H groups in total. The summed E-state index contributed by atoms with van der Waals surface area (Å²) >= 11 is 0. The minimum Gasteiger partial charge on any atom is -0.493 e. The summed E-state index contributed by atoms with van der Waals surface area (Å²) in [5.74, 6) is 4.46.